The Kier molecular flexibility index (Phi) is 5.75. The fourth-order valence-electron chi connectivity index (χ4n) is 2.51. The van der Waals surface area contributed by atoms with Gasteiger partial charge in [-0.1, -0.05) is 18.6 Å². The Morgan fingerprint density at radius 3 is 2.95 bits per heavy atom. The minimum absolute atomic E-state index is 0.0683. The molecule has 0 bridgehead atoms. The molecule has 2 rings (SSSR count). The van der Waals surface area contributed by atoms with E-state index in [2.05, 4.69) is 5.32 Å². The average Bonchev–Trinajstić information content (AvgIpc) is 2.70. The van der Waals surface area contributed by atoms with Crippen LogP contribution in [0.15, 0.2) is 24.3 Å². The summed E-state index contributed by atoms with van der Waals surface area (Å²) >= 11 is 0. The molecule has 5 nitrogen and oxygen atoms in total. The van der Waals surface area contributed by atoms with E-state index in [4.69, 9.17) is 5.73 Å². The molecule has 0 radical (unpaired) electrons. The van der Waals surface area contributed by atoms with Gasteiger partial charge in [-0.25, -0.2) is 0 Å². The Labute approximate surface area is 125 Å². The molecule has 1 aliphatic heterocycles. The summed E-state index contributed by atoms with van der Waals surface area (Å²) in [6.45, 7) is 1.72. The SMILES string of the molecule is NCc1cccc(NC(=O)CCN2CCCCCC2=O)c1. The van der Waals surface area contributed by atoms with E-state index in [1.54, 1.807) is 0 Å². The lowest BCUT2D eigenvalue weighted by Crippen LogP contribution is -2.33. The van der Waals surface area contributed by atoms with Crippen LogP contribution in [0, 0.1) is 0 Å². The van der Waals surface area contributed by atoms with E-state index in [0.29, 0.717) is 25.9 Å². The third-order valence-corrected chi connectivity index (χ3v) is 3.73. The number of amides is 2. The van der Waals surface area contributed by atoms with Crippen molar-refractivity contribution in [3.63, 3.8) is 0 Å². The van der Waals surface area contributed by atoms with Crippen LogP contribution in [0.25, 0.3) is 0 Å². The van der Waals surface area contributed by atoms with E-state index in [0.717, 1.165) is 37.1 Å². The molecule has 5 heteroatoms. The van der Waals surface area contributed by atoms with Crippen LogP contribution in [0.1, 0.15) is 37.7 Å². The molecule has 0 atom stereocenters. The Morgan fingerprint density at radius 2 is 2.14 bits per heavy atom. The quantitative estimate of drug-likeness (QED) is 0.869. The minimum Gasteiger partial charge on any atom is -0.342 e. The van der Waals surface area contributed by atoms with Crippen LogP contribution in [0.3, 0.4) is 0 Å². The second-order valence-electron chi connectivity index (χ2n) is 5.39. The van der Waals surface area contributed by atoms with Gasteiger partial charge in [-0.3, -0.25) is 9.59 Å². The van der Waals surface area contributed by atoms with Crippen LogP contribution in [0.5, 0.6) is 0 Å². The standard InChI is InChI=1S/C16H23N3O2/c17-12-13-5-4-6-14(11-13)18-15(20)8-10-19-9-3-1-2-7-16(19)21/h4-6,11H,1-3,7-10,12,17H2,(H,18,20). The summed E-state index contributed by atoms with van der Waals surface area (Å²) in [6, 6.07) is 7.50. The maximum atomic E-state index is 12.0. The third-order valence-electron chi connectivity index (χ3n) is 3.73. The van der Waals surface area contributed by atoms with E-state index < -0.39 is 0 Å². The van der Waals surface area contributed by atoms with Crippen LogP contribution in [-0.4, -0.2) is 29.8 Å². The fourth-order valence-corrected chi connectivity index (χ4v) is 2.51. The molecule has 1 fully saturated rings. The van der Waals surface area contributed by atoms with Crippen molar-refractivity contribution >= 4 is 17.5 Å². The number of anilines is 1. The van der Waals surface area contributed by atoms with Gasteiger partial charge in [0.1, 0.15) is 0 Å². The highest BCUT2D eigenvalue weighted by Crippen LogP contribution is 2.13. The molecular weight excluding hydrogens is 266 g/mol. The van der Waals surface area contributed by atoms with Crippen molar-refractivity contribution in [2.45, 2.75) is 38.6 Å². The first-order valence-corrected chi connectivity index (χ1v) is 7.55. The van der Waals surface area contributed by atoms with Gasteiger partial charge in [0.2, 0.25) is 11.8 Å². The van der Waals surface area contributed by atoms with Gasteiger partial charge in [-0.05, 0) is 30.5 Å². The second kappa shape index (κ2) is 7.78. The van der Waals surface area contributed by atoms with Gasteiger partial charge in [0.25, 0.3) is 0 Å². The first-order chi connectivity index (χ1) is 10.2. The molecule has 1 aliphatic rings. The zero-order chi connectivity index (χ0) is 15.1. The Balaban J connectivity index is 1.82. The monoisotopic (exact) mass is 289 g/mol. The highest BCUT2D eigenvalue weighted by atomic mass is 16.2. The number of benzene rings is 1. The zero-order valence-electron chi connectivity index (χ0n) is 12.3. The summed E-state index contributed by atoms with van der Waals surface area (Å²) in [7, 11) is 0. The van der Waals surface area contributed by atoms with Gasteiger partial charge in [0.15, 0.2) is 0 Å². The van der Waals surface area contributed by atoms with Crippen molar-refractivity contribution in [2.75, 3.05) is 18.4 Å². The normalized spacial score (nSPS) is 15.7. The van der Waals surface area contributed by atoms with Gasteiger partial charge in [0.05, 0.1) is 0 Å². The largest absolute Gasteiger partial charge is 0.342 e. The summed E-state index contributed by atoms with van der Waals surface area (Å²) < 4.78 is 0. The topological polar surface area (TPSA) is 75.4 Å². The summed E-state index contributed by atoms with van der Waals surface area (Å²) in [6.07, 6.45) is 4.04. The van der Waals surface area contributed by atoms with Gasteiger partial charge in [-0.2, -0.15) is 0 Å². The number of likely N-dealkylation sites (tertiary alicyclic amines) is 1. The first-order valence-electron chi connectivity index (χ1n) is 7.55. The smallest absolute Gasteiger partial charge is 0.226 e. The van der Waals surface area contributed by atoms with Crippen LogP contribution < -0.4 is 11.1 Å². The highest BCUT2D eigenvalue weighted by molar-refractivity contribution is 5.91. The molecule has 1 aromatic rings. The van der Waals surface area contributed by atoms with Gasteiger partial charge < -0.3 is 16.0 Å². The van der Waals surface area contributed by atoms with Crippen LogP contribution >= 0.6 is 0 Å². The van der Waals surface area contributed by atoms with Crippen LogP contribution in [-0.2, 0) is 16.1 Å². The molecule has 0 aliphatic carbocycles. The molecule has 0 saturated carbocycles. The van der Waals surface area contributed by atoms with Crippen molar-refractivity contribution in [2.24, 2.45) is 5.73 Å². The van der Waals surface area contributed by atoms with E-state index >= 15 is 0 Å². The van der Waals surface area contributed by atoms with Gasteiger partial charge in [-0.15, -0.1) is 0 Å². The fraction of sp³-hybridized carbons (Fsp3) is 0.500. The third kappa shape index (κ3) is 4.86. The van der Waals surface area contributed by atoms with Crippen molar-refractivity contribution < 1.29 is 9.59 Å². The molecule has 21 heavy (non-hydrogen) atoms. The maximum Gasteiger partial charge on any atom is 0.226 e. The predicted octanol–water partition coefficient (Wildman–Crippen LogP) is 1.88. The number of nitrogens with one attached hydrogen (secondary N) is 1. The molecule has 0 aromatic heterocycles. The van der Waals surface area contributed by atoms with Crippen molar-refractivity contribution in [1.82, 2.24) is 4.90 Å². The lowest BCUT2D eigenvalue weighted by molar-refractivity contribution is -0.131. The number of nitrogens with two attached hydrogens (primary N) is 1. The second-order valence-corrected chi connectivity index (χ2v) is 5.39. The van der Waals surface area contributed by atoms with E-state index in [1.165, 1.54) is 0 Å². The van der Waals surface area contributed by atoms with Gasteiger partial charge in [0, 0.05) is 38.2 Å². The molecule has 0 spiro atoms. The van der Waals surface area contributed by atoms with Crippen molar-refractivity contribution in [3.8, 4) is 0 Å². The number of rotatable bonds is 5. The lowest BCUT2D eigenvalue weighted by Gasteiger charge is -2.20. The van der Waals surface area contributed by atoms with Gasteiger partial charge >= 0.3 is 0 Å². The average molecular weight is 289 g/mol. The highest BCUT2D eigenvalue weighted by Gasteiger charge is 2.17. The molecule has 114 valence electrons. The molecule has 3 N–H and O–H groups in total. The summed E-state index contributed by atoms with van der Waals surface area (Å²) in [4.78, 5) is 25.6. The van der Waals surface area contributed by atoms with E-state index in [1.807, 2.05) is 29.2 Å². The molecule has 2 amide bonds. The number of carbonyl (C=O) groups excluding carboxylic acids is 2. The van der Waals surface area contributed by atoms with Crippen LogP contribution in [0.2, 0.25) is 0 Å². The van der Waals surface area contributed by atoms with Crippen molar-refractivity contribution in [3.05, 3.63) is 29.8 Å². The molecule has 0 unspecified atom stereocenters. The zero-order valence-corrected chi connectivity index (χ0v) is 12.3. The number of carbonyl (C=O) groups is 2. The van der Waals surface area contributed by atoms with E-state index in [-0.39, 0.29) is 11.8 Å². The first kappa shape index (κ1) is 15.5. The Morgan fingerprint density at radius 1 is 1.29 bits per heavy atom. The van der Waals surface area contributed by atoms with E-state index in [9.17, 15) is 9.59 Å². The molecular formula is C16H23N3O2. The minimum atomic E-state index is -0.0683. The number of nitrogens with zero attached hydrogens (tertiary/aromatic N) is 1. The summed E-state index contributed by atoms with van der Waals surface area (Å²) in [5.41, 5.74) is 7.32. The summed E-state index contributed by atoms with van der Waals surface area (Å²) in [5.74, 6) is 0.103. The maximum absolute atomic E-state index is 12.0. The summed E-state index contributed by atoms with van der Waals surface area (Å²) in [5, 5.41) is 2.85. The van der Waals surface area contributed by atoms with Crippen LogP contribution in [0.4, 0.5) is 5.69 Å². The molecule has 1 heterocycles. The predicted molar refractivity (Wildman–Crippen MR) is 82.6 cm³/mol. The molecule has 1 aromatic carbocycles. The Bertz CT molecular complexity index is 502. The van der Waals surface area contributed by atoms with Crippen molar-refractivity contribution in [1.29, 1.82) is 0 Å². The molecule has 1 saturated heterocycles. The number of hydrogen-bond donors (Lipinski definition) is 2. The number of hydrogen-bond acceptors (Lipinski definition) is 3. The lowest BCUT2D eigenvalue weighted by atomic mass is 10.2. The Hall–Kier alpha value is -1.88.